The molecule has 1 aliphatic heterocycles. The fourth-order valence-electron chi connectivity index (χ4n) is 2.15. The molecule has 1 aliphatic rings. The van der Waals surface area contributed by atoms with Gasteiger partial charge in [0.2, 0.25) is 5.95 Å². The Labute approximate surface area is 115 Å². The highest BCUT2D eigenvalue weighted by Gasteiger charge is 2.14. The molecule has 2 rings (SSSR count). The van der Waals surface area contributed by atoms with Crippen molar-refractivity contribution in [2.45, 2.75) is 33.1 Å². The van der Waals surface area contributed by atoms with Crippen molar-refractivity contribution in [1.29, 1.82) is 0 Å². The standard InChI is InChI=1S/C14H24N4O/c1-3-6-15-14-17-8-11(2)13(18-14)16-9-12-5-4-7-19-10-12/h8,12H,3-7,9-10H2,1-2H3,(H2,15,16,17,18). The van der Waals surface area contributed by atoms with Gasteiger partial charge in [-0.1, -0.05) is 6.92 Å². The van der Waals surface area contributed by atoms with Crippen LogP contribution in [0.15, 0.2) is 6.20 Å². The minimum atomic E-state index is 0.593. The average Bonchev–Trinajstić information content (AvgIpc) is 2.46. The third kappa shape index (κ3) is 4.35. The van der Waals surface area contributed by atoms with Crippen LogP contribution in [0, 0.1) is 12.8 Å². The largest absolute Gasteiger partial charge is 0.381 e. The predicted octanol–water partition coefficient (Wildman–Crippen LogP) is 2.45. The van der Waals surface area contributed by atoms with Gasteiger partial charge in [-0.3, -0.25) is 0 Å². The molecule has 106 valence electrons. The van der Waals surface area contributed by atoms with Crippen LogP contribution in [0.1, 0.15) is 31.7 Å². The molecule has 1 aromatic rings. The van der Waals surface area contributed by atoms with Crippen LogP contribution in [0.4, 0.5) is 11.8 Å². The van der Waals surface area contributed by atoms with Gasteiger partial charge in [0.05, 0.1) is 6.61 Å². The van der Waals surface area contributed by atoms with E-state index < -0.39 is 0 Å². The van der Waals surface area contributed by atoms with E-state index in [0.717, 1.165) is 44.1 Å². The second kappa shape index (κ2) is 7.28. The van der Waals surface area contributed by atoms with Crippen LogP contribution in [0.5, 0.6) is 0 Å². The first kappa shape index (κ1) is 14.1. The van der Waals surface area contributed by atoms with E-state index in [2.05, 4.69) is 27.5 Å². The van der Waals surface area contributed by atoms with Gasteiger partial charge < -0.3 is 15.4 Å². The molecular formula is C14H24N4O. The Morgan fingerprint density at radius 2 is 2.32 bits per heavy atom. The minimum Gasteiger partial charge on any atom is -0.381 e. The molecule has 2 N–H and O–H groups in total. The summed E-state index contributed by atoms with van der Waals surface area (Å²) in [4.78, 5) is 8.80. The third-order valence-corrected chi connectivity index (χ3v) is 3.32. The molecule has 0 aliphatic carbocycles. The number of aryl methyl sites for hydroxylation is 1. The van der Waals surface area contributed by atoms with Crippen molar-refractivity contribution in [3.63, 3.8) is 0 Å². The molecule has 1 aromatic heterocycles. The normalized spacial score (nSPS) is 19.2. The zero-order valence-corrected chi connectivity index (χ0v) is 11.9. The monoisotopic (exact) mass is 264 g/mol. The maximum Gasteiger partial charge on any atom is 0.224 e. The van der Waals surface area contributed by atoms with E-state index in [-0.39, 0.29) is 0 Å². The zero-order valence-electron chi connectivity index (χ0n) is 11.9. The van der Waals surface area contributed by atoms with Crippen molar-refractivity contribution >= 4 is 11.8 Å². The number of nitrogens with one attached hydrogen (secondary N) is 2. The van der Waals surface area contributed by atoms with Gasteiger partial charge in [-0.2, -0.15) is 4.98 Å². The summed E-state index contributed by atoms with van der Waals surface area (Å²) in [5.74, 6) is 2.23. The number of nitrogens with zero attached hydrogens (tertiary/aromatic N) is 2. The molecule has 0 bridgehead atoms. The molecule has 0 spiro atoms. The Morgan fingerprint density at radius 1 is 1.42 bits per heavy atom. The van der Waals surface area contributed by atoms with Gasteiger partial charge in [-0.05, 0) is 32.1 Å². The van der Waals surface area contributed by atoms with Crippen molar-refractivity contribution in [2.24, 2.45) is 5.92 Å². The Bertz CT molecular complexity index is 391. The molecule has 0 saturated carbocycles. The Balaban J connectivity index is 1.90. The van der Waals surface area contributed by atoms with E-state index >= 15 is 0 Å². The quantitative estimate of drug-likeness (QED) is 0.826. The molecular weight excluding hydrogens is 240 g/mol. The van der Waals surface area contributed by atoms with Crippen molar-refractivity contribution in [3.05, 3.63) is 11.8 Å². The molecule has 0 radical (unpaired) electrons. The Morgan fingerprint density at radius 3 is 3.05 bits per heavy atom. The molecule has 19 heavy (non-hydrogen) atoms. The topological polar surface area (TPSA) is 59.1 Å². The van der Waals surface area contributed by atoms with Gasteiger partial charge in [0.25, 0.3) is 0 Å². The number of hydrogen-bond donors (Lipinski definition) is 2. The maximum absolute atomic E-state index is 5.49. The highest BCUT2D eigenvalue weighted by molar-refractivity contribution is 5.46. The molecule has 1 atom stereocenters. The summed E-state index contributed by atoms with van der Waals surface area (Å²) in [6, 6.07) is 0. The maximum atomic E-state index is 5.49. The lowest BCUT2D eigenvalue weighted by atomic mass is 10.0. The average molecular weight is 264 g/mol. The highest BCUT2D eigenvalue weighted by atomic mass is 16.5. The Hall–Kier alpha value is -1.36. The molecule has 1 fully saturated rings. The zero-order chi connectivity index (χ0) is 13.5. The summed E-state index contributed by atoms with van der Waals surface area (Å²) < 4.78 is 5.49. The number of ether oxygens (including phenoxy) is 1. The fraction of sp³-hybridized carbons (Fsp3) is 0.714. The lowest BCUT2D eigenvalue weighted by Crippen LogP contribution is -2.25. The van der Waals surface area contributed by atoms with E-state index in [4.69, 9.17) is 4.74 Å². The first-order valence-corrected chi connectivity index (χ1v) is 7.18. The van der Waals surface area contributed by atoms with Crippen LogP contribution < -0.4 is 10.6 Å². The van der Waals surface area contributed by atoms with Gasteiger partial charge in [0.15, 0.2) is 0 Å². The van der Waals surface area contributed by atoms with E-state index in [1.54, 1.807) is 0 Å². The summed E-state index contributed by atoms with van der Waals surface area (Å²) in [7, 11) is 0. The molecule has 0 aromatic carbocycles. The number of aromatic nitrogens is 2. The molecule has 1 unspecified atom stereocenters. The predicted molar refractivity (Wildman–Crippen MR) is 77.6 cm³/mol. The molecule has 5 heteroatoms. The van der Waals surface area contributed by atoms with Crippen LogP contribution in [-0.2, 0) is 4.74 Å². The van der Waals surface area contributed by atoms with Gasteiger partial charge >= 0.3 is 0 Å². The lowest BCUT2D eigenvalue weighted by Gasteiger charge is -2.22. The second-order valence-electron chi connectivity index (χ2n) is 5.12. The minimum absolute atomic E-state index is 0.593. The second-order valence-corrected chi connectivity index (χ2v) is 5.12. The van der Waals surface area contributed by atoms with E-state index in [9.17, 15) is 0 Å². The first-order chi connectivity index (χ1) is 9.29. The van der Waals surface area contributed by atoms with Crippen molar-refractivity contribution in [2.75, 3.05) is 36.9 Å². The van der Waals surface area contributed by atoms with Gasteiger partial charge in [-0.25, -0.2) is 4.98 Å². The highest BCUT2D eigenvalue weighted by Crippen LogP contribution is 2.17. The number of rotatable bonds is 6. The molecule has 5 nitrogen and oxygen atoms in total. The first-order valence-electron chi connectivity index (χ1n) is 7.18. The number of anilines is 2. The summed E-state index contributed by atoms with van der Waals surface area (Å²) in [6.07, 6.45) is 5.33. The molecule has 2 heterocycles. The van der Waals surface area contributed by atoms with Crippen LogP contribution in [0.25, 0.3) is 0 Å². The van der Waals surface area contributed by atoms with Crippen LogP contribution in [0.3, 0.4) is 0 Å². The van der Waals surface area contributed by atoms with Crippen LogP contribution in [-0.4, -0.2) is 36.3 Å². The van der Waals surface area contributed by atoms with Crippen LogP contribution in [0.2, 0.25) is 0 Å². The van der Waals surface area contributed by atoms with Crippen molar-refractivity contribution < 1.29 is 4.74 Å². The summed E-state index contributed by atoms with van der Waals surface area (Å²) in [5, 5.41) is 6.64. The van der Waals surface area contributed by atoms with Crippen molar-refractivity contribution in [1.82, 2.24) is 9.97 Å². The van der Waals surface area contributed by atoms with E-state index in [1.165, 1.54) is 12.8 Å². The summed E-state index contributed by atoms with van der Waals surface area (Å²) in [5.41, 5.74) is 1.08. The van der Waals surface area contributed by atoms with E-state index in [1.807, 2.05) is 13.1 Å². The SMILES string of the molecule is CCCNc1ncc(C)c(NCC2CCCOC2)n1. The third-order valence-electron chi connectivity index (χ3n) is 3.32. The van der Waals surface area contributed by atoms with Gasteiger partial charge in [0, 0.05) is 31.5 Å². The molecule has 1 saturated heterocycles. The van der Waals surface area contributed by atoms with Gasteiger partial charge in [0.1, 0.15) is 5.82 Å². The summed E-state index contributed by atoms with van der Waals surface area (Å²) in [6.45, 7) is 7.75. The molecule has 0 amide bonds. The van der Waals surface area contributed by atoms with Crippen LogP contribution >= 0.6 is 0 Å². The smallest absolute Gasteiger partial charge is 0.224 e. The lowest BCUT2D eigenvalue weighted by molar-refractivity contribution is 0.0595. The Kier molecular flexibility index (Phi) is 5.39. The summed E-state index contributed by atoms with van der Waals surface area (Å²) >= 11 is 0. The number of hydrogen-bond acceptors (Lipinski definition) is 5. The van der Waals surface area contributed by atoms with E-state index in [0.29, 0.717) is 11.9 Å². The fourth-order valence-corrected chi connectivity index (χ4v) is 2.15. The van der Waals surface area contributed by atoms with Gasteiger partial charge in [-0.15, -0.1) is 0 Å². The van der Waals surface area contributed by atoms with Crippen molar-refractivity contribution in [3.8, 4) is 0 Å².